The summed E-state index contributed by atoms with van der Waals surface area (Å²) in [7, 11) is 2.02. The van der Waals surface area contributed by atoms with Crippen LogP contribution in [0.1, 0.15) is 24.5 Å². The fourth-order valence-electron chi connectivity index (χ4n) is 1.90. The van der Waals surface area contributed by atoms with Crippen LogP contribution in [0.3, 0.4) is 0 Å². The number of hydrogen-bond donors (Lipinski definition) is 2. The van der Waals surface area contributed by atoms with Crippen molar-refractivity contribution in [1.82, 2.24) is 4.90 Å². The molecule has 1 atom stereocenters. The third-order valence-electron chi connectivity index (χ3n) is 2.91. The molecule has 1 unspecified atom stereocenters. The molecule has 0 bridgehead atoms. The Bertz CT molecular complexity index is 311. The summed E-state index contributed by atoms with van der Waals surface area (Å²) < 4.78 is 0. The molecular formula is C14H24N2O. The number of aliphatic hydroxyl groups is 1. The van der Waals surface area contributed by atoms with Gasteiger partial charge < -0.3 is 10.8 Å². The van der Waals surface area contributed by atoms with Crippen molar-refractivity contribution < 1.29 is 5.11 Å². The highest BCUT2D eigenvalue weighted by molar-refractivity contribution is 5.22. The van der Waals surface area contributed by atoms with Crippen LogP contribution in [0.15, 0.2) is 24.3 Å². The molecule has 1 aromatic rings. The first-order valence-electron chi connectivity index (χ1n) is 6.30. The first kappa shape index (κ1) is 14.2. The first-order chi connectivity index (χ1) is 8.15. The average molecular weight is 236 g/mol. The second-order valence-electron chi connectivity index (χ2n) is 4.60. The zero-order valence-corrected chi connectivity index (χ0v) is 10.9. The van der Waals surface area contributed by atoms with E-state index in [1.54, 1.807) is 0 Å². The number of benzene rings is 1. The predicted molar refractivity (Wildman–Crippen MR) is 71.8 cm³/mol. The molecular weight excluding hydrogens is 212 g/mol. The van der Waals surface area contributed by atoms with Crippen LogP contribution in [0.2, 0.25) is 0 Å². The zero-order valence-electron chi connectivity index (χ0n) is 10.9. The summed E-state index contributed by atoms with van der Waals surface area (Å²) in [5.41, 5.74) is 8.05. The number of rotatable bonds is 7. The van der Waals surface area contributed by atoms with Gasteiger partial charge in [-0.05, 0) is 37.6 Å². The molecule has 3 N–H and O–H groups in total. The number of nitrogens with two attached hydrogens (primary N) is 1. The molecule has 96 valence electrons. The largest absolute Gasteiger partial charge is 0.392 e. The van der Waals surface area contributed by atoms with Crippen LogP contribution in [0.5, 0.6) is 0 Å². The van der Waals surface area contributed by atoms with Gasteiger partial charge in [-0.25, -0.2) is 0 Å². The Balaban J connectivity index is 2.41. The maximum atomic E-state index is 9.66. The van der Waals surface area contributed by atoms with E-state index in [-0.39, 0.29) is 6.10 Å². The van der Waals surface area contributed by atoms with Crippen molar-refractivity contribution in [2.24, 2.45) is 5.73 Å². The summed E-state index contributed by atoms with van der Waals surface area (Å²) in [6, 6.07) is 8.65. The van der Waals surface area contributed by atoms with Gasteiger partial charge in [0.2, 0.25) is 0 Å². The predicted octanol–water partition coefficient (Wildman–Crippen LogP) is 1.39. The SMILES string of the molecule is CCc1ccc(CN(C)CC(O)CCN)cc1. The Morgan fingerprint density at radius 3 is 2.35 bits per heavy atom. The van der Waals surface area contributed by atoms with Gasteiger partial charge in [0.15, 0.2) is 0 Å². The summed E-state index contributed by atoms with van der Waals surface area (Å²) >= 11 is 0. The van der Waals surface area contributed by atoms with Gasteiger partial charge in [0.1, 0.15) is 0 Å². The fraction of sp³-hybridized carbons (Fsp3) is 0.571. The normalized spacial score (nSPS) is 13.0. The summed E-state index contributed by atoms with van der Waals surface area (Å²) in [6.45, 7) is 4.24. The van der Waals surface area contributed by atoms with E-state index in [9.17, 15) is 5.11 Å². The van der Waals surface area contributed by atoms with Gasteiger partial charge >= 0.3 is 0 Å². The lowest BCUT2D eigenvalue weighted by atomic mass is 10.1. The topological polar surface area (TPSA) is 49.5 Å². The highest BCUT2D eigenvalue weighted by Gasteiger charge is 2.07. The standard InChI is InChI=1S/C14H24N2O/c1-3-12-4-6-13(7-5-12)10-16(2)11-14(17)8-9-15/h4-7,14,17H,3,8-11,15H2,1-2H3. The highest BCUT2D eigenvalue weighted by Crippen LogP contribution is 2.07. The highest BCUT2D eigenvalue weighted by atomic mass is 16.3. The van der Waals surface area contributed by atoms with E-state index in [1.807, 2.05) is 7.05 Å². The lowest BCUT2D eigenvalue weighted by molar-refractivity contribution is 0.117. The molecule has 0 saturated heterocycles. The van der Waals surface area contributed by atoms with Gasteiger partial charge in [-0.1, -0.05) is 31.2 Å². The quantitative estimate of drug-likeness (QED) is 0.752. The van der Waals surface area contributed by atoms with Gasteiger partial charge in [0.25, 0.3) is 0 Å². The molecule has 0 spiro atoms. The smallest absolute Gasteiger partial charge is 0.0679 e. The van der Waals surface area contributed by atoms with Crippen molar-refractivity contribution in [3.05, 3.63) is 35.4 Å². The third kappa shape index (κ3) is 5.31. The van der Waals surface area contributed by atoms with Crippen LogP contribution < -0.4 is 5.73 Å². The van der Waals surface area contributed by atoms with Crippen molar-refractivity contribution >= 4 is 0 Å². The number of nitrogens with zero attached hydrogens (tertiary/aromatic N) is 1. The average Bonchev–Trinajstić information content (AvgIpc) is 2.30. The lowest BCUT2D eigenvalue weighted by Crippen LogP contribution is -2.30. The van der Waals surface area contributed by atoms with Crippen molar-refractivity contribution in [3.8, 4) is 0 Å². The van der Waals surface area contributed by atoms with Crippen molar-refractivity contribution in [3.63, 3.8) is 0 Å². The van der Waals surface area contributed by atoms with E-state index in [1.165, 1.54) is 11.1 Å². The molecule has 0 aliphatic carbocycles. The monoisotopic (exact) mass is 236 g/mol. The number of aliphatic hydroxyl groups excluding tert-OH is 1. The van der Waals surface area contributed by atoms with Gasteiger partial charge in [0, 0.05) is 13.1 Å². The van der Waals surface area contributed by atoms with Crippen LogP contribution in [0.4, 0.5) is 0 Å². The van der Waals surface area contributed by atoms with Crippen LogP contribution in [-0.4, -0.2) is 36.2 Å². The second kappa shape index (κ2) is 7.43. The third-order valence-corrected chi connectivity index (χ3v) is 2.91. The number of aryl methyl sites for hydroxylation is 1. The van der Waals surface area contributed by atoms with Crippen LogP contribution in [0.25, 0.3) is 0 Å². The maximum absolute atomic E-state index is 9.66. The summed E-state index contributed by atoms with van der Waals surface area (Å²) in [5, 5.41) is 9.66. The molecule has 3 nitrogen and oxygen atoms in total. The van der Waals surface area contributed by atoms with Gasteiger partial charge in [-0.15, -0.1) is 0 Å². The van der Waals surface area contributed by atoms with Gasteiger partial charge in [0.05, 0.1) is 6.10 Å². The van der Waals surface area contributed by atoms with Gasteiger partial charge in [-0.3, -0.25) is 4.90 Å². The van der Waals surface area contributed by atoms with E-state index >= 15 is 0 Å². The lowest BCUT2D eigenvalue weighted by Gasteiger charge is -2.20. The Morgan fingerprint density at radius 2 is 1.82 bits per heavy atom. The van der Waals surface area contributed by atoms with Crippen LogP contribution >= 0.6 is 0 Å². The van der Waals surface area contributed by atoms with Crippen molar-refractivity contribution in [2.75, 3.05) is 20.1 Å². The molecule has 0 aliphatic rings. The number of hydrogen-bond acceptors (Lipinski definition) is 3. The van der Waals surface area contributed by atoms with E-state index in [0.29, 0.717) is 19.5 Å². The molecule has 17 heavy (non-hydrogen) atoms. The molecule has 0 fully saturated rings. The fourth-order valence-corrected chi connectivity index (χ4v) is 1.90. The zero-order chi connectivity index (χ0) is 12.7. The Morgan fingerprint density at radius 1 is 1.24 bits per heavy atom. The molecule has 1 aromatic carbocycles. The molecule has 1 rings (SSSR count). The molecule has 0 aliphatic heterocycles. The van der Waals surface area contributed by atoms with Crippen LogP contribution in [-0.2, 0) is 13.0 Å². The second-order valence-corrected chi connectivity index (χ2v) is 4.60. The van der Waals surface area contributed by atoms with Crippen molar-refractivity contribution in [2.45, 2.75) is 32.4 Å². The Labute approximate surface area is 104 Å². The Hall–Kier alpha value is -0.900. The Kier molecular flexibility index (Phi) is 6.19. The van der Waals surface area contributed by atoms with E-state index < -0.39 is 0 Å². The minimum Gasteiger partial charge on any atom is -0.392 e. The minimum absolute atomic E-state index is 0.320. The van der Waals surface area contributed by atoms with E-state index in [2.05, 4.69) is 36.1 Å². The summed E-state index contributed by atoms with van der Waals surface area (Å²) in [6.07, 6.45) is 1.42. The number of likely N-dealkylation sites (N-methyl/N-ethyl adjacent to an activating group) is 1. The summed E-state index contributed by atoms with van der Waals surface area (Å²) in [5.74, 6) is 0. The van der Waals surface area contributed by atoms with Crippen LogP contribution in [0, 0.1) is 0 Å². The first-order valence-corrected chi connectivity index (χ1v) is 6.30. The molecule has 0 aromatic heterocycles. The van der Waals surface area contributed by atoms with E-state index in [0.717, 1.165) is 13.0 Å². The molecule has 0 radical (unpaired) electrons. The molecule has 0 amide bonds. The summed E-state index contributed by atoms with van der Waals surface area (Å²) in [4.78, 5) is 2.13. The molecule has 0 heterocycles. The minimum atomic E-state index is -0.320. The maximum Gasteiger partial charge on any atom is 0.0679 e. The molecule has 0 saturated carbocycles. The molecule has 3 heteroatoms. The van der Waals surface area contributed by atoms with Crippen molar-refractivity contribution in [1.29, 1.82) is 0 Å². The van der Waals surface area contributed by atoms with E-state index in [4.69, 9.17) is 5.73 Å². The van der Waals surface area contributed by atoms with Gasteiger partial charge in [-0.2, -0.15) is 0 Å².